The number of anilines is 1. The molecule has 0 aliphatic rings. The van der Waals surface area contributed by atoms with E-state index in [-0.39, 0.29) is 16.8 Å². The first kappa shape index (κ1) is 20.3. The molecule has 28 heavy (non-hydrogen) atoms. The van der Waals surface area contributed by atoms with Crippen LogP contribution >= 0.6 is 0 Å². The fourth-order valence-electron chi connectivity index (χ4n) is 2.40. The van der Waals surface area contributed by atoms with E-state index in [4.69, 9.17) is 19.3 Å². The molecule has 0 spiro atoms. The van der Waals surface area contributed by atoms with Crippen LogP contribution in [0.1, 0.15) is 15.9 Å². The Morgan fingerprint density at radius 2 is 1.68 bits per heavy atom. The molecule has 0 saturated carbocycles. The lowest BCUT2D eigenvalue weighted by Crippen LogP contribution is -2.14. The fraction of sp³-hybridized carbons (Fsp3) is 0.150. The van der Waals surface area contributed by atoms with Gasteiger partial charge in [0.1, 0.15) is 17.4 Å². The minimum atomic E-state index is -1.12. The number of hydrogen-bond acceptors (Lipinski definition) is 6. The summed E-state index contributed by atoms with van der Waals surface area (Å²) in [6, 6.07) is 10.7. The first-order chi connectivity index (χ1) is 13.4. The zero-order valence-corrected chi connectivity index (χ0v) is 15.5. The molecule has 0 saturated heterocycles. The Bertz CT molecular complexity index is 975. The quantitative estimate of drug-likeness (QED) is 0.558. The average molecular weight is 382 g/mol. The van der Waals surface area contributed by atoms with Gasteiger partial charge in [-0.05, 0) is 30.3 Å². The smallest absolute Gasteiger partial charge is 0.335 e. The first-order valence-corrected chi connectivity index (χ1v) is 8.00. The van der Waals surface area contributed by atoms with Gasteiger partial charge in [0, 0.05) is 17.3 Å². The van der Waals surface area contributed by atoms with Crippen LogP contribution in [0.2, 0.25) is 0 Å². The van der Waals surface area contributed by atoms with Crippen molar-refractivity contribution in [3.05, 3.63) is 53.1 Å². The Labute approximate surface area is 161 Å². The summed E-state index contributed by atoms with van der Waals surface area (Å²) in [5.74, 6) is -0.596. The van der Waals surface area contributed by atoms with Gasteiger partial charge in [0.15, 0.2) is 11.5 Å². The Morgan fingerprint density at radius 3 is 2.25 bits per heavy atom. The molecule has 0 unspecified atom stereocenters. The van der Waals surface area contributed by atoms with E-state index >= 15 is 0 Å². The number of hydrogen-bond donors (Lipinski definition) is 2. The molecular formula is C20H18N2O6. The number of ether oxygens (including phenoxy) is 3. The largest absolute Gasteiger partial charge is 0.496 e. The highest BCUT2D eigenvalue weighted by Gasteiger charge is 2.15. The number of carboxylic acids is 1. The third-order valence-corrected chi connectivity index (χ3v) is 3.77. The summed E-state index contributed by atoms with van der Waals surface area (Å²) >= 11 is 0. The topological polar surface area (TPSA) is 118 Å². The molecule has 8 heteroatoms. The number of carboxylic acid groups (broad SMARTS) is 1. The van der Waals surface area contributed by atoms with E-state index in [2.05, 4.69) is 5.32 Å². The Kier molecular flexibility index (Phi) is 6.60. The van der Waals surface area contributed by atoms with Gasteiger partial charge < -0.3 is 24.6 Å². The van der Waals surface area contributed by atoms with Gasteiger partial charge in [0.05, 0.1) is 26.9 Å². The Balaban J connectivity index is 2.38. The van der Waals surface area contributed by atoms with Crippen LogP contribution in [0.5, 0.6) is 17.2 Å². The molecule has 2 N–H and O–H groups in total. The molecule has 2 rings (SSSR count). The van der Waals surface area contributed by atoms with E-state index in [9.17, 15) is 14.9 Å². The average Bonchev–Trinajstić information content (AvgIpc) is 2.71. The van der Waals surface area contributed by atoms with Gasteiger partial charge in [0.2, 0.25) is 0 Å². The van der Waals surface area contributed by atoms with Gasteiger partial charge in [0.25, 0.3) is 5.91 Å². The third kappa shape index (κ3) is 4.59. The predicted octanol–water partition coefficient (Wildman–Crippen LogP) is 2.96. The maximum Gasteiger partial charge on any atom is 0.335 e. The van der Waals surface area contributed by atoms with Crippen molar-refractivity contribution in [2.24, 2.45) is 0 Å². The third-order valence-electron chi connectivity index (χ3n) is 3.77. The highest BCUT2D eigenvalue weighted by atomic mass is 16.5. The van der Waals surface area contributed by atoms with Gasteiger partial charge >= 0.3 is 5.97 Å². The molecule has 144 valence electrons. The maximum absolute atomic E-state index is 12.5. The molecule has 0 aliphatic heterocycles. The number of benzene rings is 2. The van der Waals surface area contributed by atoms with Crippen LogP contribution in [0.3, 0.4) is 0 Å². The summed E-state index contributed by atoms with van der Waals surface area (Å²) in [7, 11) is 4.39. The van der Waals surface area contributed by atoms with Crippen molar-refractivity contribution in [2.75, 3.05) is 26.6 Å². The Morgan fingerprint density at radius 1 is 1.04 bits per heavy atom. The van der Waals surface area contributed by atoms with Gasteiger partial charge in [-0.2, -0.15) is 5.26 Å². The van der Waals surface area contributed by atoms with E-state index in [1.165, 1.54) is 51.7 Å². The standard InChI is InChI=1S/C20H18N2O6/c1-26-16-10-18(28-3)17(27-2)9-13(16)7-14(11-21)19(23)22-15-6-4-5-12(8-15)20(24)25/h4-10H,1-3H3,(H,22,23)(H,24,25). The first-order valence-electron chi connectivity index (χ1n) is 8.00. The van der Waals surface area contributed by atoms with Gasteiger partial charge in [-0.3, -0.25) is 4.79 Å². The molecule has 1 amide bonds. The SMILES string of the molecule is COc1cc(OC)c(OC)cc1C=C(C#N)C(=O)Nc1cccc(C(=O)O)c1. The number of rotatable bonds is 7. The monoisotopic (exact) mass is 382 g/mol. The lowest BCUT2D eigenvalue weighted by Gasteiger charge is -2.12. The lowest BCUT2D eigenvalue weighted by molar-refractivity contribution is -0.112. The molecule has 0 aliphatic carbocycles. The van der Waals surface area contributed by atoms with Crippen molar-refractivity contribution in [1.29, 1.82) is 5.26 Å². The van der Waals surface area contributed by atoms with E-state index in [0.29, 0.717) is 22.8 Å². The number of carbonyl (C=O) groups is 2. The highest BCUT2D eigenvalue weighted by molar-refractivity contribution is 6.10. The number of nitrogens with one attached hydrogen (secondary N) is 1. The number of nitriles is 1. The second-order valence-electron chi connectivity index (χ2n) is 5.46. The second kappa shape index (κ2) is 9.09. The van der Waals surface area contributed by atoms with Crippen molar-refractivity contribution in [3.8, 4) is 23.3 Å². The summed E-state index contributed by atoms with van der Waals surface area (Å²) in [5.41, 5.74) is 0.504. The van der Waals surface area contributed by atoms with Crippen molar-refractivity contribution in [2.45, 2.75) is 0 Å². The molecule has 0 radical (unpaired) electrons. The van der Waals surface area contributed by atoms with Crippen molar-refractivity contribution < 1.29 is 28.9 Å². The van der Waals surface area contributed by atoms with Crippen LogP contribution in [-0.2, 0) is 4.79 Å². The van der Waals surface area contributed by atoms with Crippen LogP contribution in [0.15, 0.2) is 42.0 Å². The van der Waals surface area contributed by atoms with Crippen molar-refractivity contribution in [1.82, 2.24) is 0 Å². The summed E-state index contributed by atoms with van der Waals surface area (Å²) in [5, 5.41) is 20.9. The molecule has 2 aromatic rings. The molecule has 0 bridgehead atoms. The van der Waals surface area contributed by atoms with Crippen LogP contribution in [0.25, 0.3) is 6.08 Å². The molecular weight excluding hydrogens is 364 g/mol. The molecule has 0 aromatic heterocycles. The fourth-order valence-corrected chi connectivity index (χ4v) is 2.40. The Hall–Kier alpha value is -3.99. The molecule has 0 heterocycles. The van der Waals surface area contributed by atoms with Crippen LogP contribution in [0, 0.1) is 11.3 Å². The second-order valence-corrected chi connectivity index (χ2v) is 5.46. The summed E-state index contributed by atoms with van der Waals surface area (Å²) in [6.45, 7) is 0. The van der Waals surface area contributed by atoms with Gasteiger partial charge in [-0.1, -0.05) is 6.07 Å². The number of nitrogens with zero attached hydrogens (tertiary/aromatic N) is 1. The predicted molar refractivity (Wildman–Crippen MR) is 102 cm³/mol. The molecule has 8 nitrogen and oxygen atoms in total. The summed E-state index contributed by atoms with van der Waals surface area (Å²) < 4.78 is 15.7. The zero-order valence-electron chi connectivity index (χ0n) is 15.5. The van der Waals surface area contributed by atoms with Crippen molar-refractivity contribution >= 4 is 23.6 Å². The molecule has 0 atom stereocenters. The molecule has 2 aromatic carbocycles. The number of aromatic carboxylic acids is 1. The van der Waals surface area contributed by atoms with E-state index < -0.39 is 11.9 Å². The molecule has 0 fully saturated rings. The number of carbonyl (C=O) groups excluding carboxylic acids is 1. The zero-order chi connectivity index (χ0) is 20.7. The number of amides is 1. The van der Waals surface area contributed by atoms with Gasteiger partial charge in [-0.25, -0.2) is 4.79 Å². The normalized spacial score (nSPS) is 10.6. The minimum absolute atomic E-state index is 0.0156. The van der Waals surface area contributed by atoms with E-state index in [1.54, 1.807) is 12.1 Å². The highest BCUT2D eigenvalue weighted by Crippen LogP contribution is 2.35. The number of methoxy groups -OCH3 is 3. The van der Waals surface area contributed by atoms with Crippen LogP contribution in [-0.4, -0.2) is 38.3 Å². The lowest BCUT2D eigenvalue weighted by atomic mass is 10.1. The summed E-state index contributed by atoms with van der Waals surface area (Å²) in [6.07, 6.45) is 1.34. The van der Waals surface area contributed by atoms with Crippen molar-refractivity contribution in [3.63, 3.8) is 0 Å². The minimum Gasteiger partial charge on any atom is -0.496 e. The summed E-state index contributed by atoms with van der Waals surface area (Å²) in [4.78, 5) is 23.5. The van der Waals surface area contributed by atoms with Crippen LogP contribution < -0.4 is 19.5 Å². The van der Waals surface area contributed by atoms with E-state index in [1.807, 2.05) is 6.07 Å². The maximum atomic E-state index is 12.5. The van der Waals surface area contributed by atoms with Gasteiger partial charge in [-0.15, -0.1) is 0 Å². The van der Waals surface area contributed by atoms with E-state index in [0.717, 1.165) is 0 Å². The van der Waals surface area contributed by atoms with Crippen LogP contribution in [0.4, 0.5) is 5.69 Å².